The molecule has 4 amide bonds. The summed E-state index contributed by atoms with van der Waals surface area (Å²) >= 11 is 0. The minimum atomic E-state index is -1.13. The Labute approximate surface area is 738 Å². The SMILES string of the molecule is C=C(F)C(=O)Nc1cnn(C)c1-c1n[nH]c2c1CCC(c1c(F)c(OC)cc(OC)c1F)C2.C=CC(=O)Nc1cn(C)nc1-c1n[nH]c2c1CCCC(c1c(F)c(OC)cc(OC)c1F)C2.C=CC(=O)Nc1cn[nH]c1-c1n[nH]c2c1CCCC(c1c(F)c(OC)cc(OC)c1F)C2.CCC(=O)Nc1cnn(C)c1-c1n[nH]c2c1CCC(c1c(F)c(OC)cc(OC)c1F)C2. The van der Waals surface area contributed by atoms with E-state index in [1.54, 1.807) is 49.8 Å². The Hall–Kier alpha value is -14.6. The quantitative estimate of drug-likeness (QED) is 0.0154. The molecular formula is C89H95F9N20O12. The topological polar surface area (TPSA) is 387 Å². The van der Waals surface area contributed by atoms with Crippen molar-refractivity contribution >= 4 is 46.4 Å². The summed E-state index contributed by atoms with van der Waals surface area (Å²) in [7, 11) is 15.8. The van der Waals surface area contributed by atoms with E-state index in [-0.39, 0.29) is 91.7 Å². The van der Waals surface area contributed by atoms with E-state index in [0.29, 0.717) is 165 Å². The Morgan fingerprint density at radius 1 is 0.431 bits per heavy atom. The Balaban J connectivity index is 0.000000148. The lowest BCUT2D eigenvalue weighted by Crippen LogP contribution is -2.17. The lowest BCUT2D eigenvalue weighted by Gasteiger charge is -2.25. The van der Waals surface area contributed by atoms with Gasteiger partial charge in [0.1, 0.15) is 45.6 Å². The molecule has 16 rings (SSSR count). The number of hydrogen-bond acceptors (Lipinski definition) is 20. The van der Waals surface area contributed by atoms with Gasteiger partial charge in [0.15, 0.2) is 98.4 Å². The second-order valence-electron chi connectivity index (χ2n) is 30.8. The van der Waals surface area contributed by atoms with Gasteiger partial charge in [-0.25, -0.2) is 39.5 Å². The molecule has 686 valence electrons. The van der Waals surface area contributed by atoms with Gasteiger partial charge < -0.3 is 59.2 Å². The minimum absolute atomic E-state index is 0.0422. The summed E-state index contributed by atoms with van der Waals surface area (Å²) in [6, 6.07) is 4.82. The van der Waals surface area contributed by atoms with E-state index in [2.05, 4.69) is 107 Å². The van der Waals surface area contributed by atoms with E-state index < -0.39 is 81.9 Å². The van der Waals surface area contributed by atoms with Crippen LogP contribution in [-0.4, -0.2) is 161 Å². The molecule has 4 aromatic carbocycles. The molecule has 32 nitrogen and oxygen atoms in total. The van der Waals surface area contributed by atoms with Gasteiger partial charge in [-0.3, -0.25) is 58.7 Å². The van der Waals surface area contributed by atoms with Gasteiger partial charge in [0, 0.05) is 125 Å². The zero-order valence-corrected chi connectivity index (χ0v) is 73.0. The molecule has 8 heterocycles. The first kappa shape index (κ1) is 93.1. The molecule has 4 aliphatic rings. The van der Waals surface area contributed by atoms with Gasteiger partial charge in [-0.15, -0.1) is 0 Å². The first-order valence-electron chi connectivity index (χ1n) is 41.1. The van der Waals surface area contributed by atoms with E-state index in [9.17, 15) is 32.3 Å². The summed E-state index contributed by atoms with van der Waals surface area (Å²) in [5.74, 6) is -11.1. The molecule has 0 spiro atoms. The largest absolute Gasteiger partial charge is 0.494 e. The van der Waals surface area contributed by atoms with Crippen molar-refractivity contribution in [2.24, 2.45) is 21.1 Å². The molecule has 12 aromatic rings. The highest BCUT2D eigenvalue weighted by Gasteiger charge is 2.39. The van der Waals surface area contributed by atoms with Crippen molar-refractivity contribution < 1.29 is 96.6 Å². The van der Waals surface area contributed by atoms with Crippen LogP contribution < -0.4 is 59.2 Å². The molecule has 4 unspecified atom stereocenters. The molecule has 0 saturated carbocycles. The number of ether oxygens (including phenoxy) is 8. The van der Waals surface area contributed by atoms with Gasteiger partial charge in [0.25, 0.3) is 5.91 Å². The average Bonchev–Trinajstić information content (AvgIpc) is 1.50. The van der Waals surface area contributed by atoms with Gasteiger partial charge in [0.05, 0.1) is 98.2 Å². The van der Waals surface area contributed by atoms with E-state index in [4.69, 9.17) is 37.9 Å². The number of benzene rings is 4. The van der Waals surface area contributed by atoms with Crippen LogP contribution >= 0.6 is 0 Å². The highest BCUT2D eigenvalue weighted by atomic mass is 19.2. The number of rotatable bonds is 24. The van der Waals surface area contributed by atoms with Crippen molar-refractivity contribution in [2.75, 3.05) is 78.1 Å². The highest BCUT2D eigenvalue weighted by Crippen LogP contribution is 2.49. The monoisotopic (exact) mass is 1810 g/mol. The molecule has 41 heteroatoms. The van der Waals surface area contributed by atoms with Crippen LogP contribution in [0.2, 0.25) is 0 Å². The van der Waals surface area contributed by atoms with Gasteiger partial charge in [-0.2, -0.15) is 40.8 Å². The number of H-pyrrole nitrogens is 5. The third kappa shape index (κ3) is 18.6. The van der Waals surface area contributed by atoms with Crippen LogP contribution in [0.4, 0.5) is 62.3 Å². The molecule has 4 atom stereocenters. The predicted molar refractivity (Wildman–Crippen MR) is 460 cm³/mol. The molecule has 130 heavy (non-hydrogen) atoms. The Morgan fingerprint density at radius 3 is 1.12 bits per heavy atom. The second-order valence-corrected chi connectivity index (χ2v) is 30.8. The van der Waals surface area contributed by atoms with Crippen LogP contribution in [0.5, 0.6) is 46.0 Å². The number of anilines is 4. The smallest absolute Gasteiger partial charge is 0.283 e. The summed E-state index contributed by atoms with van der Waals surface area (Å²) in [4.78, 5) is 47.2. The third-order valence-electron chi connectivity index (χ3n) is 23.4. The number of aryl methyl sites for hydroxylation is 3. The fourth-order valence-electron chi connectivity index (χ4n) is 17.0. The summed E-state index contributed by atoms with van der Waals surface area (Å²) < 4.78 is 179. The van der Waals surface area contributed by atoms with Gasteiger partial charge in [-0.1, -0.05) is 26.7 Å². The summed E-state index contributed by atoms with van der Waals surface area (Å²) in [5, 5.41) is 60.1. The van der Waals surface area contributed by atoms with Crippen molar-refractivity contribution in [2.45, 2.75) is 127 Å². The van der Waals surface area contributed by atoms with E-state index in [0.717, 1.165) is 45.4 Å². The molecule has 0 bridgehead atoms. The lowest BCUT2D eigenvalue weighted by molar-refractivity contribution is -0.116. The number of nitrogens with one attached hydrogen (secondary N) is 9. The average molecular weight is 1810 g/mol. The van der Waals surface area contributed by atoms with Crippen molar-refractivity contribution in [1.82, 2.24) is 80.3 Å². The number of methoxy groups -OCH3 is 8. The normalized spacial score (nSPS) is 15.4. The molecule has 4 aliphatic carbocycles. The van der Waals surface area contributed by atoms with Crippen molar-refractivity contribution in [3.05, 3.63) is 201 Å². The number of amides is 4. The number of carbonyl (C=O) groups is 4. The molecule has 0 saturated heterocycles. The van der Waals surface area contributed by atoms with Crippen LogP contribution in [-0.2, 0) is 91.7 Å². The summed E-state index contributed by atoms with van der Waals surface area (Å²) in [6.07, 6.45) is 16.0. The zero-order chi connectivity index (χ0) is 93.4. The van der Waals surface area contributed by atoms with Gasteiger partial charge in [-0.05, 0) is 126 Å². The van der Waals surface area contributed by atoms with Crippen LogP contribution in [0, 0.1) is 46.5 Å². The Bertz CT molecular complexity index is 6180. The molecule has 0 aliphatic heterocycles. The zero-order valence-electron chi connectivity index (χ0n) is 73.0. The maximum absolute atomic E-state index is 15.1. The predicted octanol–water partition coefficient (Wildman–Crippen LogP) is 15.3. The first-order chi connectivity index (χ1) is 62.5. The van der Waals surface area contributed by atoms with Crippen LogP contribution in [0.3, 0.4) is 0 Å². The molecular weight excluding hydrogens is 1710 g/mol. The highest BCUT2D eigenvalue weighted by molar-refractivity contribution is 6.04. The minimum Gasteiger partial charge on any atom is -0.494 e. The standard InChI is InChI=1S/C23H25F2N5O3.C22H22F3N5O3.C22H25F2N5O3.C22H23F2N5O3/c1-5-18(31)26-15-11-30(2)29-23(15)22-13-8-6-7-12(9-14(13)27-28-22)19-20(24)16(32-3)10-17(33-4)21(19)25;1-10(23)22(31)27-14-9-26-30(2)21(14)20-12-6-5-11(7-13(12)28-29-20)17-18(24)15(32-3)8-16(33-4)19(17)25;1-5-17(30)26-14-10-25-29(2)22(14)21-12-7-6-11(8-13(12)27-28-21)18-19(23)15(31-3)9-16(32-4)20(18)24;1-4-17(30)26-14-10-25-28-22(14)21-12-7-5-6-11(8-13(12)27-29-21)18-19(23)15(31-2)9-16(32-3)20(18)24/h5,10-12H,1,6-9H2,2-4H3,(H,26,31)(H,27,28);8-9,11H,1,5-7H2,2-4H3,(H,27,31)(H,28,29);9-11H,5-8H2,1-4H3,(H,26,30)(H,27,28);4,9-11H,1,5-8H2,2-3H3,(H,25,28)(H,26,30)(H,27,29). The molecule has 0 fully saturated rings. The third-order valence-corrected chi connectivity index (χ3v) is 23.4. The lowest BCUT2D eigenvalue weighted by atomic mass is 9.81. The van der Waals surface area contributed by atoms with Crippen molar-refractivity contribution in [3.63, 3.8) is 0 Å². The summed E-state index contributed by atoms with van der Waals surface area (Å²) in [5.41, 5.74) is 12.9. The maximum atomic E-state index is 15.1. The van der Waals surface area contributed by atoms with Crippen LogP contribution in [0.25, 0.3) is 45.6 Å². The molecule has 8 aromatic heterocycles. The van der Waals surface area contributed by atoms with Gasteiger partial charge in [0.2, 0.25) is 17.7 Å². The van der Waals surface area contributed by atoms with Crippen molar-refractivity contribution in [3.8, 4) is 91.5 Å². The van der Waals surface area contributed by atoms with Crippen molar-refractivity contribution in [1.29, 1.82) is 0 Å². The Morgan fingerprint density at radius 2 is 0.762 bits per heavy atom. The fourth-order valence-corrected chi connectivity index (χ4v) is 17.0. The number of aromatic amines is 5. The van der Waals surface area contributed by atoms with E-state index >= 15 is 26.3 Å². The van der Waals surface area contributed by atoms with Crippen LogP contribution in [0.1, 0.15) is 143 Å². The number of halogens is 9. The molecule has 0 radical (unpaired) electrons. The second kappa shape index (κ2) is 40.2. The number of nitrogens with zero attached hydrogens (tertiary/aromatic N) is 11. The number of carbonyl (C=O) groups excluding carboxylic acids is 4. The number of aromatic nitrogens is 16. The summed E-state index contributed by atoms with van der Waals surface area (Å²) in [6.45, 7) is 11.7. The first-order valence-corrected chi connectivity index (χ1v) is 41.1. The maximum Gasteiger partial charge on any atom is 0.283 e. The van der Waals surface area contributed by atoms with E-state index in [1.165, 1.54) is 104 Å². The fraction of sp³-hybridized carbons (Fsp3) is 0.348. The van der Waals surface area contributed by atoms with Gasteiger partial charge >= 0.3 is 0 Å². The molecule has 9 N–H and O–H groups in total. The Kier molecular flexibility index (Phi) is 28.8. The number of hydrogen-bond donors (Lipinski definition) is 9. The van der Waals surface area contributed by atoms with E-state index in [1.807, 2.05) is 0 Å². The van der Waals surface area contributed by atoms with Crippen LogP contribution in [0.15, 0.2) is 86.8 Å². The number of fused-ring (bicyclic) bond motifs is 4.